The molecule has 0 spiro atoms. The number of ether oxygens (including phenoxy) is 1. The van der Waals surface area contributed by atoms with E-state index in [0.29, 0.717) is 18.5 Å². The summed E-state index contributed by atoms with van der Waals surface area (Å²) in [5.74, 6) is -1.34. The molecule has 0 atom stereocenters. The number of nitrogens with zero attached hydrogens (tertiary/aromatic N) is 4. The molecule has 29 heavy (non-hydrogen) atoms. The molecule has 0 saturated heterocycles. The minimum absolute atomic E-state index is 0.0225. The zero-order valence-corrected chi connectivity index (χ0v) is 15.5. The lowest BCUT2D eigenvalue weighted by molar-refractivity contribution is -0.131. The maximum absolute atomic E-state index is 13.3. The number of hydrogen-bond acceptors (Lipinski definition) is 6. The van der Waals surface area contributed by atoms with Crippen LogP contribution < -0.4 is 10.2 Å². The predicted octanol–water partition coefficient (Wildman–Crippen LogP) is 2.05. The second kappa shape index (κ2) is 7.34. The van der Waals surface area contributed by atoms with E-state index in [9.17, 15) is 19.2 Å². The van der Waals surface area contributed by atoms with Crippen LogP contribution in [0.25, 0.3) is 10.9 Å². The smallest absolute Gasteiger partial charge is 0.308 e. The number of aromatic nitrogens is 2. The number of benzene rings is 1. The Morgan fingerprint density at radius 1 is 1.28 bits per heavy atom. The Balaban J connectivity index is 1.87. The number of amides is 1. The number of halogens is 1. The Hall–Kier alpha value is -3.75. The van der Waals surface area contributed by atoms with Gasteiger partial charge in [0.2, 0.25) is 0 Å². The van der Waals surface area contributed by atoms with Crippen molar-refractivity contribution < 1.29 is 23.9 Å². The highest BCUT2D eigenvalue weighted by Gasteiger charge is 2.32. The van der Waals surface area contributed by atoms with Gasteiger partial charge in [0.25, 0.3) is 5.91 Å². The molecule has 9 heteroatoms. The van der Waals surface area contributed by atoms with Gasteiger partial charge in [-0.15, -0.1) is 0 Å². The molecule has 4 rings (SSSR count). The van der Waals surface area contributed by atoms with Crippen molar-refractivity contribution in [1.82, 2.24) is 14.5 Å². The third kappa shape index (κ3) is 3.31. The molecule has 1 aliphatic heterocycles. The van der Waals surface area contributed by atoms with Crippen LogP contribution in [0.4, 0.5) is 4.39 Å². The molecule has 0 saturated carbocycles. The van der Waals surface area contributed by atoms with Crippen molar-refractivity contribution in [2.45, 2.75) is 20.0 Å². The van der Waals surface area contributed by atoms with Crippen LogP contribution in [0.2, 0.25) is 0 Å². The van der Waals surface area contributed by atoms with E-state index in [-0.39, 0.29) is 34.8 Å². The molecule has 1 aliphatic rings. The minimum atomic E-state index is -0.600. The zero-order valence-electron chi connectivity index (χ0n) is 15.5. The Kier molecular flexibility index (Phi) is 4.71. The molecular weight excluding hydrogens is 379 g/mol. The fourth-order valence-corrected chi connectivity index (χ4v) is 3.46. The molecule has 1 amide bonds. The summed E-state index contributed by atoms with van der Waals surface area (Å²) in [6, 6.07) is 9.21. The first-order valence-corrected chi connectivity index (χ1v) is 8.91. The number of carbonyl (C=O) groups is 2. The lowest BCUT2D eigenvalue weighted by atomic mass is 10.1. The van der Waals surface area contributed by atoms with E-state index in [1.807, 2.05) is 0 Å². The number of fused-ring (bicyclic) bond motifs is 2. The van der Waals surface area contributed by atoms with E-state index in [0.717, 1.165) is 5.56 Å². The number of esters is 1. The van der Waals surface area contributed by atoms with Crippen molar-refractivity contribution in [2.24, 2.45) is 5.16 Å². The molecule has 0 unspecified atom stereocenters. The lowest BCUT2D eigenvalue weighted by Crippen LogP contribution is -2.44. The number of carbonyl (C=O) groups excluding carboxylic acids is 2. The van der Waals surface area contributed by atoms with Crippen molar-refractivity contribution >= 4 is 22.8 Å². The fourth-order valence-electron chi connectivity index (χ4n) is 3.46. The molecule has 1 aromatic carbocycles. The Labute approximate surface area is 164 Å². The zero-order chi connectivity index (χ0) is 20.5. The third-order valence-electron chi connectivity index (χ3n) is 4.71. The fraction of sp³-hybridized carbons (Fsp3) is 0.200. The van der Waals surface area contributed by atoms with Gasteiger partial charge in [0, 0.05) is 32.8 Å². The van der Waals surface area contributed by atoms with Gasteiger partial charge < -0.3 is 19.4 Å². The summed E-state index contributed by atoms with van der Waals surface area (Å²) in [5.41, 5.74) is 1.24. The number of rotatable bonds is 3. The highest BCUT2D eigenvalue weighted by atomic mass is 19.1. The van der Waals surface area contributed by atoms with Gasteiger partial charge in [-0.2, -0.15) is 0 Å². The van der Waals surface area contributed by atoms with Gasteiger partial charge in [0.05, 0.1) is 5.39 Å². The van der Waals surface area contributed by atoms with Crippen molar-refractivity contribution in [2.75, 3.05) is 6.54 Å². The summed E-state index contributed by atoms with van der Waals surface area (Å²) in [6.07, 6.45) is 1.50. The molecule has 0 radical (unpaired) electrons. The molecule has 8 nitrogen and oxygen atoms in total. The van der Waals surface area contributed by atoms with Crippen LogP contribution in [-0.4, -0.2) is 38.1 Å². The first kappa shape index (κ1) is 18.6. The standard InChI is InChI=1S/C20H17FN4O4/c1-12(26)29-18-16-15(3-2-8-22-16)19(23-28)25-10-9-24(20(27)17(18)25)11-13-4-6-14(21)7-5-13/h2-8,28H,9-11H2,1H3/b23-19-. The topological polar surface area (TPSA) is 97.0 Å². The quantitative estimate of drug-likeness (QED) is 0.415. The Bertz CT molecular complexity index is 1190. The molecule has 0 fully saturated rings. The van der Waals surface area contributed by atoms with E-state index >= 15 is 0 Å². The van der Waals surface area contributed by atoms with Crippen LogP contribution in [-0.2, 0) is 17.9 Å². The normalized spacial score (nSPS) is 14.2. The maximum Gasteiger partial charge on any atom is 0.308 e. The van der Waals surface area contributed by atoms with Crippen LogP contribution in [0.1, 0.15) is 23.0 Å². The Morgan fingerprint density at radius 3 is 2.72 bits per heavy atom. The molecule has 3 heterocycles. The van der Waals surface area contributed by atoms with Crippen molar-refractivity contribution in [3.8, 4) is 5.75 Å². The molecule has 0 aliphatic carbocycles. The van der Waals surface area contributed by atoms with Crippen molar-refractivity contribution in [3.05, 3.63) is 65.2 Å². The van der Waals surface area contributed by atoms with E-state index in [2.05, 4.69) is 10.1 Å². The van der Waals surface area contributed by atoms with E-state index in [1.54, 1.807) is 29.2 Å². The van der Waals surface area contributed by atoms with Gasteiger partial charge in [-0.1, -0.05) is 17.3 Å². The summed E-state index contributed by atoms with van der Waals surface area (Å²) in [7, 11) is 0. The first-order valence-electron chi connectivity index (χ1n) is 8.91. The lowest BCUT2D eigenvalue weighted by Gasteiger charge is -2.31. The van der Waals surface area contributed by atoms with E-state index in [4.69, 9.17) is 4.74 Å². The molecule has 1 N–H and O–H groups in total. The van der Waals surface area contributed by atoms with Crippen molar-refractivity contribution in [3.63, 3.8) is 0 Å². The van der Waals surface area contributed by atoms with Crippen molar-refractivity contribution in [1.29, 1.82) is 0 Å². The van der Waals surface area contributed by atoms with Gasteiger partial charge in [0.1, 0.15) is 11.3 Å². The van der Waals surface area contributed by atoms with Crippen LogP contribution in [0.3, 0.4) is 0 Å². The number of hydrogen-bond donors (Lipinski definition) is 1. The van der Waals surface area contributed by atoms with Crippen LogP contribution in [0.15, 0.2) is 47.8 Å². The SMILES string of the molecule is CC(=O)Oc1c2n(/c(=N\O)c3cccnc13)CCN(Cc1ccc(F)cc1)C2=O. The monoisotopic (exact) mass is 396 g/mol. The first-order chi connectivity index (χ1) is 14.0. The largest absolute Gasteiger partial charge is 0.422 e. The van der Waals surface area contributed by atoms with Crippen LogP contribution in [0.5, 0.6) is 5.75 Å². The molecule has 3 aromatic rings. The highest BCUT2D eigenvalue weighted by molar-refractivity contribution is 6.02. The second-order valence-corrected chi connectivity index (χ2v) is 6.60. The van der Waals surface area contributed by atoms with Crippen LogP contribution in [0, 0.1) is 5.82 Å². The minimum Gasteiger partial charge on any atom is -0.422 e. The highest BCUT2D eigenvalue weighted by Crippen LogP contribution is 2.30. The Morgan fingerprint density at radius 2 is 2.03 bits per heavy atom. The van der Waals surface area contributed by atoms with Gasteiger partial charge in [-0.3, -0.25) is 14.6 Å². The molecular formula is C20H17FN4O4. The number of pyridine rings is 2. The predicted molar refractivity (Wildman–Crippen MR) is 99.5 cm³/mol. The average Bonchev–Trinajstić information content (AvgIpc) is 2.71. The van der Waals surface area contributed by atoms with Gasteiger partial charge in [0.15, 0.2) is 16.9 Å². The summed E-state index contributed by atoms with van der Waals surface area (Å²) in [4.78, 5) is 30.8. The summed E-state index contributed by atoms with van der Waals surface area (Å²) in [6.45, 7) is 2.15. The van der Waals surface area contributed by atoms with Gasteiger partial charge >= 0.3 is 5.97 Å². The summed E-state index contributed by atoms with van der Waals surface area (Å²) >= 11 is 0. The molecule has 0 bridgehead atoms. The molecule has 2 aromatic heterocycles. The summed E-state index contributed by atoms with van der Waals surface area (Å²) < 4.78 is 20.1. The maximum atomic E-state index is 13.3. The van der Waals surface area contributed by atoms with Crippen LogP contribution >= 0.6 is 0 Å². The molecule has 148 valence electrons. The van der Waals surface area contributed by atoms with E-state index in [1.165, 1.54) is 29.8 Å². The third-order valence-corrected chi connectivity index (χ3v) is 4.71. The summed E-state index contributed by atoms with van der Waals surface area (Å²) in [5, 5.41) is 13.4. The van der Waals surface area contributed by atoms with E-state index < -0.39 is 11.9 Å². The van der Waals surface area contributed by atoms with Gasteiger partial charge in [-0.25, -0.2) is 4.39 Å². The average molecular weight is 396 g/mol. The second-order valence-electron chi connectivity index (χ2n) is 6.60. The van der Waals surface area contributed by atoms with Gasteiger partial charge in [-0.05, 0) is 29.8 Å².